The number of piperazine rings is 1. The molecule has 11 nitrogen and oxygen atoms in total. The summed E-state index contributed by atoms with van der Waals surface area (Å²) in [5, 5.41) is 18.8. The lowest BCUT2D eigenvalue weighted by molar-refractivity contribution is -0.126. The second-order valence-corrected chi connectivity index (χ2v) is 11.4. The molecule has 43 heavy (non-hydrogen) atoms. The number of morpholine rings is 1. The van der Waals surface area contributed by atoms with Crippen molar-refractivity contribution >= 4 is 29.7 Å². The number of ether oxygens (including phenoxy) is 2. The van der Waals surface area contributed by atoms with Crippen molar-refractivity contribution in [1.29, 1.82) is 5.41 Å². The molecule has 0 spiro atoms. The van der Waals surface area contributed by atoms with Crippen molar-refractivity contribution in [2.24, 2.45) is 0 Å². The summed E-state index contributed by atoms with van der Waals surface area (Å²) in [6, 6.07) is 3.79. The van der Waals surface area contributed by atoms with Crippen LogP contribution in [0.1, 0.15) is 42.7 Å². The van der Waals surface area contributed by atoms with Crippen LogP contribution in [0.25, 0.3) is 6.08 Å². The van der Waals surface area contributed by atoms with Gasteiger partial charge in [-0.25, -0.2) is 0 Å². The molecule has 0 bridgehead atoms. The number of amides is 1. The number of allylic oxidation sites excluding steroid dienone is 1. The van der Waals surface area contributed by atoms with E-state index in [1.54, 1.807) is 12.1 Å². The van der Waals surface area contributed by atoms with Gasteiger partial charge in [-0.1, -0.05) is 18.2 Å². The number of rotatable bonds is 10. The quantitative estimate of drug-likeness (QED) is 0.245. The summed E-state index contributed by atoms with van der Waals surface area (Å²) in [4.78, 5) is 30.6. The zero-order chi connectivity index (χ0) is 30.3. The van der Waals surface area contributed by atoms with Crippen LogP contribution in [-0.4, -0.2) is 109 Å². The Kier molecular flexibility index (Phi) is 9.93. The highest BCUT2D eigenvalue weighted by Crippen LogP contribution is 2.35. The summed E-state index contributed by atoms with van der Waals surface area (Å²) >= 11 is 0. The molecule has 2 N–H and O–H groups in total. The maximum atomic E-state index is 12.2. The SMILES string of the molecule is C=CC(=O)N1CCN(c2nc(OCCCN3CCOCC3)nc3c2CCN(c2cc(O)cc(C=C(C)C)c2C=N)C3)CC1. The predicted octanol–water partition coefficient (Wildman–Crippen LogP) is 3.10. The summed E-state index contributed by atoms with van der Waals surface area (Å²) in [7, 11) is 0. The van der Waals surface area contributed by atoms with E-state index in [1.807, 2.05) is 24.8 Å². The molecule has 3 aliphatic rings. The number of nitrogens with zero attached hydrogens (tertiary/aromatic N) is 6. The Labute approximate surface area is 253 Å². The summed E-state index contributed by atoms with van der Waals surface area (Å²) in [6.45, 7) is 16.2. The number of benzene rings is 1. The topological polar surface area (TPSA) is 118 Å². The largest absolute Gasteiger partial charge is 0.508 e. The summed E-state index contributed by atoms with van der Waals surface area (Å²) in [5.41, 5.74) is 5.44. The lowest BCUT2D eigenvalue weighted by atomic mass is 9.99. The average Bonchev–Trinajstić information content (AvgIpc) is 3.02. The van der Waals surface area contributed by atoms with Gasteiger partial charge >= 0.3 is 6.01 Å². The Morgan fingerprint density at radius 1 is 1.09 bits per heavy atom. The van der Waals surface area contributed by atoms with Crippen LogP contribution in [0.2, 0.25) is 0 Å². The molecule has 11 heteroatoms. The van der Waals surface area contributed by atoms with Gasteiger partial charge in [-0.15, -0.1) is 0 Å². The molecule has 230 valence electrons. The smallest absolute Gasteiger partial charge is 0.318 e. The Morgan fingerprint density at radius 2 is 1.86 bits per heavy atom. The Hall–Kier alpha value is -3.96. The van der Waals surface area contributed by atoms with Crippen LogP contribution in [0.4, 0.5) is 11.5 Å². The monoisotopic (exact) mass is 589 g/mol. The molecule has 0 aliphatic carbocycles. The van der Waals surface area contributed by atoms with Crippen LogP contribution in [0.15, 0.2) is 30.4 Å². The van der Waals surface area contributed by atoms with E-state index in [1.165, 1.54) is 12.3 Å². The van der Waals surface area contributed by atoms with E-state index in [0.29, 0.717) is 58.3 Å². The number of phenols is 1. The maximum Gasteiger partial charge on any atom is 0.318 e. The molecular weight excluding hydrogens is 546 g/mol. The Bertz CT molecular complexity index is 1360. The van der Waals surface area contributed by atoms with Gasteiger partial charge in [0.2, 0.25) is 5.91 Å². The summed E-state index contributed by atoms with van der Waals surface area (Å²) in [6.07, 6.45) is 6.29. The van der Waals surface area contributed by atoms with E-state index >= 15 is 0 Å². The molecule has 0 atom stereocenters. The first-order chi connectivity index (χ1) is 20.9. The number of anilines is 2. The minimum Gasteiger partial charge on any atom is -0.508 e. The van der Waals surface area contributed by atoms with Crippen molar-refractivity contribution in [2.45, 2.75) is 33.2 Å². The van der Waals surface area contributed by atoms with Gasteiger partial charge in [0.15, 0.2) is 0 Å². The number of hydrogen-bond acceptors (Lipinski definition) is 10. The van der Waals surface area contributed by atoms with Crippen LogP contribution < -0.4 is 14.5 Å². The minimum absolute atomic E-state index is 0.0510. The third-order valence-electron chi connectivity index (χ3n) is 8.15. The highest BCUT2D eigenvalue weighted by Gasteiger charge is 2.29. The van der Waals surface area contributed by atoms with Crippen LogP contribution >= 0.6 is 0 Å². The van der Waals surface area contributed by atoms with Crippen LogP contribution in [0, 0.1) is 5.41 Å². The fraction of sp³-hybridized carbons (Fsp3) is 0.500. The van der Waals surface area contributed by atoms with E-state index in [2.05, 4.69) is 21.3 Å². The van der Waals surface area contributed by atoms with Gasteiger partial charge in [-0.05, 0) is 44.4 Å². The van der Waals surface area contributed by atoms with Crippen LogP contribution in [-0.2, 0) is 22.5 Å². The van der Waals surface area contributed by atoms with Crippen molar-refractivity contribution < 1.29 is 19.4 Å². The average molecular weight is 590 g/mol. The van der Waals surface area contributed by atoms with Crippen LogP contribution in [0.5, 0.6) is 11.8 Å². The van der Waals surface area contributed by atoms with Gasteiger partial charge in [0.1, 0.15) is 11.6 Å². The van der Waals surface area contributed by atoms with Gasteiger partial charge in [-0.2, -0.15) is 9.97 Å². The molecule has 1 aromatic heterocycles. The zero-order valence-corrected chi connectivity index (χ0v) is 25.3. The van der Waals surface area contributed by atoms with Crippen molar-refractivity contribution in [3.8, 4) is 11.8 Å². The van der Waals surface area contributed by atoms with Crippen LogP contribution in [0.3, 0.4) is 0 Å². The van der Waals surface area contributed by atoms with Gasteiger partial charge in [-0.3, -0.25) is 9.69 Å². The fourth-order valence-corrected chi connectivity index (χ4v) is 5.96. The molecule has 0 unspecified atom stereocenters. The van der Waals surface area contributed by atoms with Crippen molar-refractivity contribution in [3.05, 3.63) is 52.7 Å². The molecule has 3 aliphatic heterocycles. The molecule has 2 saturated heterocycles. The van der Waals surface area contributed by atoms with E-state index < -0.39 is 0 Å². The second kappa shape index (κ2) is 14.0. The number of hydrogen-bond donors (Lipinski definition) is 2. The first kappa shape index (κ1) is 30.5. The lowest BCUT2D eigenvalue weighted by Crippen LogP contribution is -2.49. The Balaban J connectivity index is 1.40. The third kappa shape index (κ3) is 7.34. The first-order valence-corrected chi connectivity index (χ1v) is 15.1. The third-order valence-corrected chi connectivity index (χ3v) is 8.15. The summed E-state index contributed by atoms with van der Waals surface area (Å²) < 4.78 is 11.6. The number of phenolic OH excluding ortho intramolecular Hbond substituents is 1. The standard InChI is InChI=1S/C32H43N7O4/c1-4-30(41)37-9-11-38(12-10-37)31-26-6-8-39(29-20-25(40)19-24(18-23(2)3)27(29)21-33)22-28(26)34-32(35-31)43-15-5-7-36-13-16-42-17-14-36/h4,18-21,33,40H,1,5-17,22H2,2-3H3. The van der Waals surface area contributed by atoms with Gasteiger partial charge < -0.3 is 34.7 Å². The van der Waals surface area contributed by atoms with Crippen molar-refractivity contribution in [2.75, 3.05) is 82.0 Å². The van der Waals surface area contributed by atoms with E-state index in [0.717, 1.165) is 78.7 Å². The number of aromatic nitrogens is 2. The number of nitrogens with one attached hydrogen (secondary N) is 1. The number of carbonyl (C=O) groups excluding carboxylic acids is 1. The number of fused-ring (bicyclic) bond motifs is 1. The molecule has 0 saturated carbocycles. The highest BCUT2D eigenvalue weighted by molar-refractivity contribution is 5.92. The summed E-state index contributed by atoms with van der Waals surface area (Å²) in [5.74, 6) is 0.982. The van der Waals surface area contributed by atoms with E-state index in [-0.39, 0.29) is 11.7 Å². The maximum absolute atomic E-state index is 12.2. The van der Waals surface area contributed by atoms with Gasteiger partial charge in [0.05, 0.1) is 37.7 Å². The molecule has 0 radical (unpaired) electrons. The normalized spacial score (nSPS) is 17.3. The molecule has 1 amide bonds. The first-order valence-electron chi connectivity index (χ1n) is 15.1. The lowest BCUT2D eigenvalue weighted by Gasteiger charge is -2.38. The van der Waals surface area contributed by atoms with E-state index in [9.17, 15) is 9.90 Å². The Morgan fingerprint density at radius 3 is 2.56 bits per heavy atom. The molecule has 1 aromatic carbocycles. The van der Waals surface area contributed by atoms with Gasteiger partial charge in [0.25, 0.3) is 0 Å². The molecule has 5 rings (SSSR count). The molecule has 2 fully saturated rings. The van der Waals surface area contributed by atoms with Gasteiger partial charge in [0, 0.05) is 75.8 Å². The second-order valence-electron chi connectivity index (χ2n) is 11.4. The predicted molar refractivity (Wildman–Crippen MR) is 168 cm³/mol. The van der Waals surface area contributed by atoms with E-state index in [4.69, 9.17) is 24.9 Å². The van der Waals surface area contributed by atoms with Crippen molar-refractivity contribution in [1.82, 2.24) is 19.8 Å². The molecule has 2 aromatic rings. The van der Waals surface area contributed by atoms with Crippen molar-refractivity contribution in [3.63, 3.8) is 0 Å². The number of carbonyl (C=O) groups is 1. The molecular formula is C32H43N7O4. The minimum atomic E-state index is -0.0510. The fourth-order valence-electron chi connectivity index (χ4n) is 5.96. The zero-order valence-electron chi connectivity index (χ0n) is 25.3. The number of aromatic hydroxyl groups is 1. The molecule has 4 heterocycles. The highest BCUT2D eigenvalue weighted by atomic mass is 16.5.